The molecule has 0 bridgehead atoms. The van der Waals surface area contributed by atoms with Crippen molar-refractivity contribution in [2.75, 3.05) is 0 Å². The van der Waals surface area contributed by atoms with Crippen molar-refractivity contribution < 1.29 is 63.6 Å². The maximum atomic E-state index is 13.9. The Labute approximate surface area is 300 Å². The van der Waals surface area contributed by atoms with E-state index in [1.807, 2.05) is 0 Å². The zero-order valence-electron chi connectivity index (χ0n) is 27.7. The summed E-state index contributed by atoms with van der Waals surface area (Å²) >= 11 is 0. The van der Waals surface area contributed by atoms with E-state index in [-0.39, 0.29) is 39.5 Å². The lowest BCUT2D eigenvalue weighted by Crippen LogP contribution is -2.61. The second-order valence-electron chi connectivity index (χ2n) is 11.9. The van der Waals surface area contributed by atoms with Crippen LogP contribution < -0.4 is 10.2 Å². The number of phenolic OH excluding ortho intramolecular Hbond substituents is 5. The highest BCUT2D eigenvalue weighted by molar-refractivity contribution is 5.89. The Hall–Kier alpha value is -6.77. The number of aromatic hydroxyl groups is 5. The predicted octanol–water partition coefficient (Wildman–Crippen LogP) is 4.72. The topological polar surface area (TPSA) is 223 Å². The third-order valence-corrected chi connectivity index (χ3v) is 8.15. The molecule has 1 aromatic heterocycles. The summed E-state index contributed by atoms with van der Waals surface area (Å²) in [5.41, 5.74) is 0.177. The van der Waals surface area contributed by atoms with Gasteiger partial charge in [0.25, 0.3) is 0 Å². The highest BCUT2D eigenvalue weighted by Crippen LogP contribution is 2.38. The third kappa shape index (κ3) is 8.25. The van der Waals surface area contributed by atoms with Crippen LogP contribution in [0.1, 0.15) is 18.1 Å². The van der Waals surface area contributed by atoms with Crippen LogP contribution in [0.4, 0.5) is 0 Å². The Kier molecular flexibility index (Phi) is 10.4. The summed E-state index contributed by atoms with van der Waals surface area (Å²) < 4.78 is 29.0. The largest absolute Gasteiger partial charge is 0.508 e. The minimum absolute atomic E-state index is 0.0154. The van der Waals surface area contributed by atoms with Crippen LogP contribution in [0.5, 0.6) is 34.5 Å². The molecule has 6 N–H and O–H groups in total. The first-order valence-corrected chi connectivity index (χ1v) is 16.0. The number of hydrogen-bond acceptors (Lipinski definition) is 14. The summed E-state index contributed by atoms with van der Waals surface area (Å²) in [5, 5.41) is 60.8. The molecule has 1 fully saturated rings. The molecule has 0 amide bonds. The summed E-state index contributed by atoms with van der Waals surface area (Å²) in [6, 6.07) is 19.3. The van der Waals surface area contributed by atoms with E-state index in [9.17, 15) is 45.0 Å². The quantitative estimate of drug-likeness (QED) is 0.0894. The standard InChI is InChI=1S/C39H32O14/c1-20-35(51-30(45)16-6-21-2-10-24(40)11-3-21)38(52-31(46)17-7-22-4-12-25(41)13-5-22)34(48)39(49-20)53-37-33(47)32-28(44)18-27(43)19-29(32)50-36(37)23-8-14-26(42)15-9-23/h2-20,34-35,38-44,48H,1H3/b16-6+,17-7+/t20-,34+,35-,38-,39-/m0/s1. The molecule has 14 nitrogen and oxygen atoms in total. The van der Waals surface area contributed by atoms with Gasteiger partial charge < -0.3 is 54.0 Å². The van der Waals surface area contributed by atoms with Gasteiger partial charge in [-0.15, -0.1) is 0 Å². The number of ether oxygens (including phenoxy) is 4. The van der Waals surface area contributed by atoms with E-state index in [0.29, 0.717) is 11.1 Å². The van der Waals surface area contributed by atoms with Crippen molar-refractivity contribution in [1.82, 2.24) is 0 Å². The van der Waals surface area contributed by atoms with E-state index >= 15 is 0 Å². The van der Waals surface area contributed by atoms with E-state index in [1.165, 1.54) is 67.6 Å². The number of aliphatic hydroxyl groups excluding tert-OH is 1. The number of benzene rings is 4. The molecule has 0 spiro atoms. The fourth-order valence-corrected chi connectivity index (χ4v) is 5.52. The Balaban J connectivity index is 1.34. The molecule has 0 aliphatic carbocycles. The summed E-state index contributed by atoms with van der Waals surface area (Å²) in [5.74, 6) is -3.72. The van der Waals surface area contributed by atoms with E-state index in [2.05, 4.69) is 0 Å². The zero-order chi connectivity index (χ0) is 37.8. The van der Waals surface area contributed by atoms with Crippen molar-refractivity contribution in [2.24, 2.45) is 0 Å². The van der Waals surface area contributed by atoms with Gasteiger partial charge in [0.1, 0.15) is 39.7 Å². The predicted molar refractivity (Wildman–Crippen MR) is 188 cm³/mol. The molecule has 0 unspecified atom stereocenters. The number of esters is 2. The molecule has 272 valence electrons. The first-order valence-electron chi connectivity index (χ1n) is 16.0. The second-order valence-corrected chi connectivity index (χ2v) is 11.9. The molecular weight excluding hydrogens is 692 g/mol. The lowest BCUT2D eigenvalue weighted by Gasteiger charge is -2.41. The van der Waals surface area contributed by atoms with Gasteiger partial charge in [-0.1, -0.05) is 24.3 Å². The number of hydrogen-bond donors (Lipinski definition) is 6. The van der Waals surface area contributed by atoms with E-state index in [1.54, 1.807) is 24.3 Å². The van der Waals surface area contributed by atoms with Gasteiger partial charge in [0.15, 0.2) is 24.1 Å². The van der Waals surface area contributed by atoms with E-state index in [4.69, 9.17) is 23.4 Å². The van der Waals surface area contributed by atoms with E-state index in [0.717, 1.165) is 24.3 Å². The molecule has 1 aliphatic rings. The summed E-state index contributed by atoms with van der Waals surface area (Å²) in [6.07, 6.45) is -2.91. The lowest BCUT2D eigenvalue weighted by molar-refractivity contribution is -0.275. The van der Waals surface area contributed by atoms with Gasteiger partial charge in [-0.05, 0) is 78.7 Å². The fourth-order valence-electron chi connectivity index (χ4n) is 5.52. The summed E-state index contributed by atoms with van der Waals surface area (Å²) in [7, 11) is 0. The number of fused-ring (bicyclic) bond motifs is 1. The van der Waals surface area contributed by atoms with Crippen LogP contribution in [-0.2, 0) is 23.8 Å². The highest BCUT2D eigenvalue weighted by atomic mass is 16.7. The monoisotopic (exact) mass is 724 g/mol. The van der Waals surface area contributed by atoms with Crippen LogP contribution in [0.3, 0.4) is 0 Å². The molecule has 1 saturated heterocycles. The van der Waals surface area contributed by atoms with Crippen molar-refractivity contribution >= 4 is 35.1 Å². The number of phenols is 5. The normalized spacial score (nSPS) is 20.1. The zero-order valence-corrected chi connectivity index (χ0v) is 27.7. The number of carbonyl (C=O) groups is 2. The Morgan fingerprint density at radius 1 is 0.698 bits per heavy atom. The molecule has 0 saturated carbocycles. The van der Waals surface area contributed by atoms with Crippen LogP contribution in [0, 0.1) is 0 Å². The van der Waals surface area contributed by atoms with Gasteiger partial charge in [0.05, 0.1) is 6.10 Å². The summed E-state index contributed by atoms with van der Waals surface area (Å²) in [4.78, 5) is 40.0. The molecule has 5 atom stereocenters. The molecular formula is C39H32O14. The Morgan fingerprint density at radius 2 is 1.21 bits per heavy atom. The van der Waals surface area contributed by atoms with Gasteiger partial charge in [0, 0.05) is 29.8 Å². The van der Waals surface area contributed by atoms with E-state index < -0.39 is 65.3 Å². The minimum Gasteiger partial charge on any atom is -0.508 e. The third-order valence-electron chi connectivity index (χ3n) is 8.15. The molecule has 0 radical (unpaired) electrons. The van der Waals surface area contributed by atoms with Crippen molar-refractivity contribution in [2.45, 2.75) is 37.6 Å². The average molecular weight is 725 g/mol. The average Bonchev–Trinajstić information content (AvgIpc) is 3.12. The maximum Gasteiger partial charge on any atom is 0.331 e. The van der Waals surface area contributed by atoms with Crippen molar-refractivity contribution in [3.8, 4) is 45.8 Å². The first kappa shape index (κ1) is 36.0. The number of aliphatic hydroxyl groups is 1. The SMILES string of the molecule is C[C@@H]1O[C@@H](Oc2c(-c3ccc(O)cc3)oc3cc(O)cc(O)c3c2=O)[C@H](O)[C@H](OC(=O)/C=C/c2ccc(O)cc2)[C@H]1OC(=O)/C=C/c1ccc(O)cc1. The van der Waals surface area contributed by atoms with Crippen molar-refractivity contribution in [1.29, 1.82) is 0 Å². The van der Waals surface area contributed by atoms with Crippen LogP contribution in [0.2, 0.25) is 0 Å². The Morgan fingerprint density at radius 3 is 1.75 bits per heavy atom. The van der Waals surface area contributed by atoms with Crippen molar-refractivity contribution in [3.05, 3.63) is 118 Å². The maximum absolute atomic E-state index is 13.9. The van der Waals surface area contributed by atoms with Crippen LogP contribution in [0.15, 0.2) is 106 Å². The van der Waals surface area contributed by atoms with Gasteiger partial charge in [0.2, 0.25) is 17.5 Å². The smallest absolute Gasteiger partial charge is 0.331 e. The molecule has 6 rings (SSSR count). The minimum atomic E-state index is -1.91. The first-order chi connectivity index (χ1) is 25.4. The van der Waals surface area contributed by atoms with Gasteiger partial charge >= 0.3 is 11.9 Å². The lowest BCUT2D eigenvalue weighted by atomic mass is 9.99. The fraction of sp³-hybridized carbons (Fsp3) is 0.154. The summed E-state index contributed by atoms with van der Waals surface area (Å²) in [6.45, 7) is 1.45. The highest BCUT2D eigenvalue weighted by Gasteiger charge is 2.49. The molecule has 53 heavy (non-hydrogen) atoms. The number of rotatable bonds is 9. The van der Waals surface area contributed by atoms with Gasteiger partial charge in [-0.3, -0.25) is 4.79 Å². The molecule has 1 aliphatic heterocycles. The van der Waals surface area contributed by atoms with Crippen LogP contribution in [0.25, 0.3) is 34.4 Å². The van der Waals surface area contributed by atoms with Crippen molar-refractivity contribution in [3.63, 3.8) is 0 Å². The van der Waals surface area contributed by atoms with Gasteiger partial charge in [-0.25, -0.2) is 9.59 Å². The molecule has 14 heteroatoms. The van der Waals surface area contributed by atoms with Gasteiger partial charge in [-0.2, -0.15) is 0 Å². The van der Waals surface area contributed by atoms with Crippen LogP contribution >= 0.6 is 0 Å². The molecule has 2 heterocycles. The molecule has 4 aromatic carbocycles. The number of carbonyl (C=O) groups excluding carboxylic acids is 2. The Bertz CT molecular complexity index is 2240. The van der Waals surface area contributed by atoms with Crippen LogP contribution in [-0.4, -0.2) is 73.3 Å². The second kappa shape index (κ2) is 15.2. The molecule has 5 aromatic rings.